The summed E-state index contributed by atoms with van der Waals surface area (Å²) in [5, 5.41) is 8.90. The summed E-state index contributed by atoms with van der Waals surface area (Å²) in [6.45, 7) is 3.01. The van der Waals surface area contributed by atoms with E-state index in [0.29, 0.717) is 46.7 Å². The molecule has 1 N–H and O–H groups in total. The highest BCUT2D eigenvalue weighted by molar-refractivity contribution is 5.66. The molecule has 4 aromatic carbocycles. The minimum atomic E-state index is -0.691. The Bertz CT molecular complexity index is 2100. The van der Waals surface area contributed by atoms with E-state index < -0.39 is 5.97 Å². The maximum absolute atomic E-state index is 10.8. The summed E-state index contributed by atoms with van der Waals surface area (Å²) in [5.74, 6) is 4.71. The Labute approximate surface area is 356 Å². The largest absolute Gasteiger partial charge is 0.493 e. The van der Waals surface area contributed by atoms with Crippen molar-refractivity contribution in [2.45, 2.75) is 102 Å². The third-order valence-electron chi connectivity index (χ3n) is 13.3. The Morgan fingerprint density at radius 3 is 2.05 bits per heavy atom. The Morgan fingerprint density at radius 2 is 1.37 bits per heavy atom. The highest BCUT2D eigenvalue weighted by Crippen LogP contribution is 2.52. The van der Waals surface area contributed by atoms with E-state index in [9.17, 15) is 4.79 Å². The van der Waals surface area contributed by atoms with Gasteiger partial charge in [0.25, 0.3) is 0 Å². The average Bonchev–Trinajstić information content (AvgIpc) is 3.24. The summed E-state index contributed by atoms with van der Waals surface area (Å²) in [5.41, 5.74) is 7.24. The van der Waals surface area contributed by atoms with Crippen molar-refractivity contribution in [3.05, 3.63) is 94.0 Å². The van der Waals surface area contributed by atoms with E-state index in [2.05, 4.69) is 73.6 Å². The van der Waals surface area contributed by atoms with Gasteiger partial charge in [-0.3, -0.25) is 9.69 Å². The molecule has 4 heterocycles. The van der Waals surface area contributed by atoms with Gasteiger partial charge < -0.3 is 38.0 Å². The van der Waals surface area contributed by atoms with Gasteiger partial charge in [-0.1, -0.05) is 56.7 Å². The predicted molar refractivity (Wildman–Crippen MR) is 235 cm³/mol. The number of rotatable bonds is 16. The van der Waals surface area contributed by atoms with E-state index >= 15 is 0 Å². The van der Waals surface area contributed by atoms with Crippen LogP contribution in [0.3, 0.4) is 0 Å². The zero-order valence-electron chi connectivity index (χ0n) is 36.6. The first kappa shape index (κ1) is 43.2. The molecule has 0 aliphatic carbocycles. The van der Waals surface area contributed by atoms with Gasteiger partial charge in [0.15, 0.2) is 34.5 Å². The number of hydrogen-bond donors (Lipinski definition) is 1. The number of carboxylic acid groups (broad SMARTS) is 1. The van der Waals surface area contributed by atoms with Crippen LogP contribution in [0.15, 0.2) is 60.7 Å². The van der Waals surface area contributed by atoms with Crippen molar-refractivity contribution in [2.75, 3.05) is 62.2 Å². The molecule has 0 aromatic heterocycles. The minimum absolute atomic E-state index is 0.0249. The summed E-state index contributed by atoms with van der Waals surface area (Å²) in [6.07, 6.45) is 13.8. The topological polar surface area (TPSA) is 95.9 Å². The van der Waals surface area contributed by atoms with E-state index in [1.165, 1.54) is 54.4 Å². The molecule has 10 nitrogen and oxygen atoms in total. The molecule has 4 aliphatic rings. The molecule has 0 fully saturated rings. The van der Waals surface area contributed by atoms with Crippen LogP contribution in [0.4, 0.5) is 0 Å². The van der Waals surface area contributed by atoms with Crippen LogP contribution in [0.2, 0.25) is 0 Å². The normalized spacial score (nSPS) is 19.6. The fraction of sp³-hybridized carbons (Fsp3) is 0.500. The lowest BCUT2D eigenvalue weighted by molar-refractivity contribution is -0.941. The van der Waals surface area contributed by atoms with Gasteiger partial charge in [0, 0.05) is 43.0 Å². The summed E-state index contributed by atoms with van der Waals surface area (Å²) in [4.78, 5) is 13.2. The van der Waals surface area contributed by atoms with Gasteiger partial charge in [-0.15, -0.1) is 0 Å². The number of benzene rings is 4. The maximum Gasteiger partial charge on any atom is 0.303 e. The number of carbonyl (C=O) groups is 1. The zero-order chi connectivity index (χ0) is 42.2. The number of nitrogens with zero attached hydrogens (tertiary/aromatic N) is 2. The lowest BCUT2D eigenvalue weighted by Gasteiger charge is -2.46. The fourth-order valence-corrected chi connectivity index (χ4v) is 9.77. The van der Waals surface area contributed by atoms with E-state index in [-0.39, 0.29) is 18.5 Å². The van der Waals surface area contributed by atoms with Crippen LogP contribution in [0, 0.1) is 0 Å². The van der Waals surface area contributed by atoms with Gasteiger partial charge >= 0.3 is 5.97 Å². The van der Waals surface area contributed by atoms with Crippen LogP contribution in [-0.2, 0) is 30.5 Å². The second kappa shape index (κ2) is 19.6. The second-order valence-corrected chi connectivity index (χ2v) is 17.2. The number of methoxy groups -OCH3 is 4. The first-order valence-electron chi connectivity index (χ1n) is 22.0. The standard InChI is InChI=1S/C50H64N2O8/c1-51-25-23-37-32-46(57-5)49(58-6)50-48(37)40(51)28-35-19-22-42(55-3)44(30-35)59-38-20-17-34(18-21-38)29-41-39-33-45(60-50)43(56-4)31-36(39)24-27-52(41,2)26-15-13-11-9-7-8-10-12-14-16-47(53)54/h17-22,30-33,40-41H,7-16,23-29H2,1-6H3/p+1. The molecule has 4 aromatic rings. The van der Waals surface area contributed by atoms with Crippen molar-refractivity contribution in [1.29, 1.82) is 0 Å². The molecule has 0 amide bonds. The van der Waals surface area contributed by atoms with Crippen molar-refractivity contribution in [3.8, 4) is 46.0 Å². The van der Waals surface area contributed by atoms with Gasteiger partial charge in [0.2, 0.25) is 5.75 Å². The van der Waals surface area contributed by atoms with Crippen LogP contribution in [0.25, 0.3) is 0 Å². The monoisotopic (exact) mass is 821 g/mol. The quantitative estimate of drug-likeness (QED) is 0.0875. The average molecular weight is 822 g/mol. The molecule has 322 valence electrons. The molecule has 6 bridgehead atoms. The minimum Gasteiger partial charge on any atom is -0.493 e. The molecule has 8 rings (SSSR count). The first-order valence-corrected chi connectivity index (χ1v) is 22.0. The molecule has 10 heteroatoms. The molecule has 0 saturated carbocycles. The Hall–Kier alpha value is -4.93. The first-order chi connectivity index (χ1) is 29.1. The highest BCUT2D eigenvalue weighted by Gasteiger charge is 2.40. The van der Waals surface area contributed by atoms with Crippen molar-refractivity contribution in [2.24, 2.45) is 0 Å². The van der Waals surface area contributed by atoms with Gasteiger partial charge in [-0.25, -0.2) is 0 Å². The molecule has 3 unspecified atom stereocenters. The summed E-state index contributed by atoms with van der Waals surface area (Å²) >= 11 is 0. The number of carboxylic acids is 1. The fourth-order valence-electron chi connectivity index (χ4n) is 9.77. The number of likely N-dealkylation sites (N-methyl/N-ethyl adjacent to an activating group) is 2. The molecule has 0 saturated heterocycles. The number of ether oxygens (including phenoxy) is 6. The van der Waals surface area contributed by atoms with Gasteiger partial charge in [0.1, 0.15) is 11.8 Å². The molecular formula is C50H65N2O8+. The Kier molecular flexibility index (Phi) is 14.1. The van der Waals surface area contributed by atoms with Crippen LogP contribution >= 0.6 is 0 Å². The number of aliphatic carboxylic acids is 1. The van der Waals surface area contributed by atoms with Crippen molar-refractivity contribution >= 4 is 5.97 Å². The Balaban J connectivity index is 1.25. The Morgan fingerprint density at radius 1 is 0.717 bits per heavy atom. The zero-order valence-corrected chi connectivity index (χ0v) is 36.6. The molecule has 4 aliphatic heterocycles. The maximum atomic E-state index is 10.8. The van der Waals surface area contributed by atoms with Gasteiger partial charge in [-0.2, -0.15) is 0 Å². The number of unbranched alkanes of at least 4 members (excludes halogenated alkanes) is 8. The molecule has 0 spiro atoms. The van der Waals surface area contributed by atoms with Crippen LogP contribution in [0.5, 0.6) is 46.0 Å². The molecule has 60 heavy (non-hydrogen) atoms. The summed E-state index contributed by atoms with van der Waals surface area (Å²) in [7, 11) is 11.4. The lowest BCUT2D eigenvalue weighted by atomic mass is 9.85. The van der Waals surface area contributed by atoms with E-state index in [1.807, 2.05) is 6.07 Å². The van der Waals surface area contributed by atoms with Gasteiger partial charge in [0.05, 0.1) is 48.6 Å². The van der Waals surface area contributed by atoms with E-state index in [0.717, 1.165) is 85.9 Å². The lowest BCUT2D eigenvalue weighted by Crippen LogP contribution is -2.52. The SMILES string of the molecule is COc1ccc2cc1Oc1ccc(cc1)CC1c3cc(c(OC)cc3CC[N+]1(C)CCCCCCCCCCCC(=O)O)Oc1c(OC)c(OC)cc3c1C(C2)N(C)CC3. The van der Waals surface area contributed by atoms with Crippen LogP contribution < -0.4 is 28.4 Å². The number of hydrogen-bond acceptors (Lipinski definition) is 8. The van der Waals surface area contributed by atoms with Crippen LogP contribution in [-0.4, -0.2) is 82.6 Å². The molecule has 3 atom stereocenters. The smallest absolute Gasteiger partial charge is 0.303 e. The summed E-state index contributed by atoms with van der Waals surface area (Å²) < 4.78 is 38.8. The van der Waals surface area contributed by atoms with Crippen LogP contribution in [0.1, 0.15) is 110 Å². The molecule has 0 radical (unpaired) electrons. The van der Waals surface area contributed by atoms with E-state index in [4.69, 9.17) is 33.5 Å². The second-order valence-electron chi connectivity index (χ2n) is 17.2. The number of fused-ring (bicyclic) bond motifs is 2. The third-order valence-corrected chi connectivity index (χ3v) is 13.3. The highest BCUT2D eigenvalue weighted by atomic mass is 16.5. The van der Waals surface area contributed by atoms with Crippen molar-refractivity contribution in [3.63, 3.8) is 0 Å². The third kappa shape index (κ3) is 9.66. The van der Waals surface area contributed by atoms with Crippen molar-refractivity contribution < 1.29 is 42.8 Å². The predicted octanol–water partition coefficient (Wildman–Crippen LogP) is 10.7. The van der Waals surface area contributed by atoms with E-state index in [1.54, 1.807) is 28.4 Å². The summed E-state index contributed by atoms with van der Waals surface area (Å²) in [6, 6.07) is 21.6. The van der Waals surface area contributed by atoms with Gasteiger partial charge in [-0.05, 0) is 104 Å². The van der Waals surface area contributed by atoms with Crippen molar-refractivity contribution in [1.82, 2.24) is 4.90 Å². The molecular weight excluding hydrogens is 757 g/mol. The number of quaternary nitrogens is 1.